The van der Waals surface area contributed by atoms with Gasteiger partial charge in [0.15, 0.2) is 0 Å². The molecule has 122 valence electrons. The van der Waals surface area contributed by atoms with E-state index >= 15 is 0 Å². The molecule has 0 aromatic heterocycles. The maximum Gasteiger partial charge on any atom is 0.242 e. The number of hydrogen-bond donors (Lipinski definition) is 3. The second-order valence-electron chi connectivity index (χ2n) is 5.79. The predicted molar refractivity (Wildman–Crippen MR) is 86.3 cm³/mol. The van der Waals surface area contributed by atoms with Crippen molar-refractivity contribution < 1.29 is 14.7 Å². The Bertz CT molecular complexity index is 474. The Hall–Kier alpha value is -1.88. The van der Waals surface area contributed by atoms with Gasteiger partial charge in [0.2, 0.25) is 11.8 Å². The SMILES string of the molecule is CC(=O)NC(C(=O)NCC(CCO)c1ccccc1)C(C)C. The van der Waals surface area contributed by atoms with Crippen molar-refractivity contribution in [2.45, 2.75) is 39.2 Å². The van der Waals surface area contributed by atoms with Gasteiger partial charge in [-0.15, -0.1) is 0 Å². The summed E-state index contributed by atoms with van der Waals surface area (Å²) in [5.74, 6) is -0.343. The summed E-state index contributed by atoms with van der Waals surface area (Å²) < 4.78 is 0. The summed E-state index contributed by atoms with van der Waals surface area (Å²) in [6.45, 7) is 5.69. The topological polar surface area (TPSA) is 78.4 Å². The largest absolute Gasteiger partial charge is 0.396 e. The van der Waals surface area contributed by atoms with Crippen molar-refractivity contribution in [1.82, 2.24) is 10.6 Å². The molecular weight excluding hydrogens is 280 g/mol. The molecule has 2 unspecified atom stereocenters. The molecule has 0 aliphatic carbocycles. The van der Waals surface area contributed by atoms with Crippen LogP contribution in [-0.2, 0) is 9.59 Å². The van der Waals surface area contributed by atoms with Gasteiger partial charge in [-0.1, -0.05) is 44.2 Å². The highest BCUT2D eigenvalue weighted by Crippen LogP contribution is 2.18. The third-order valence-electron chi connectivity index (χ3n) is 3.58. The molecule has 0 saturated carbocycles. The summed E-state index contributed by atoms with van der Waals surface area (Å²) in [6, 6.07) is 9.25. The molecule has 2 amide bonds. The van der Waals surface area contributed by atoms with Crippen LogP contribution in [0.4, 0.5) is 0 Å². The summed E-state index contributed by atoms with van der Waals surface area (Å²) in [6.07, 6.45) is 0.580. The first kappa shape index (κ1) is 18.2. The average molecular weight is 306 g/mol. The minimum atomic E-state index is -0.539. The smallest absolute Gasteiger partial charge is 0.242 e. The standard InChI is InChI=1S/C17H26N2O3/c1-12(2)16(19-13(3)21)17(22)18-11-15(9-10-20)14-7-5-4-6-8-14/h4-8,12,15-16,20H,9-11H2,1-3H3,(H,18,22)(H,19,21). The molecule has 22 heavy (non-hydrogen) atoms. The fourth-order valence-corrected chi connectivity index (χ4v) is 2.36. The van der Waals surface area contributed by atoms with Crippen molar-refractivity contribution >= 4 is 11.8 Å². The van der Waals surface area contributed by atoms with Gasteiger partial charge in [0.1, 0.15) is 6.04 Å². The molecule has 0 fully saturated rings. The van der Waals surface area contributed by atoms with Crippen LogP contribution < -0.4 is 10.6 Å². The van der Waals surface area contributed by atoms with Gasteiger partial charge in [-0.3, -0.25) is 9.59 Å². The Kier molecular flexibility index (Phi) is 7.60. The van der Waals surface area contributed by atoms with E-state index in [0.29, 0.717) is 13.0 Å². The number of aliphatic hydroxyl groups is 1. The number of carbonyl (C=O) groups is 2. The third-order valence-corrected chi connectivity index (χ3v) is 3.58. The minimum absolute atomic E-state index is 0.0110. The van der Waals surface area contributed by atoms with Crippen LogP contribution in [0.2, 0.25) is 0 Å². The van der Waals surface area contributed by atoms with Crippen LogP contribution in [0.25, 0.3) is 0 Å². The lowest BCUT2D eigenvalue weighted by Gasteiger charge is -2.23. The second-order valence-corrected chi connectivity index (χ2v) is 5.79. The van der Waals surface area contributed by atoms with E-state index in [1.165, 1.54) is 6.92 Å². The number of carbonyl (C=O) groups excluding carboxylic acids is 2. The van der Waals surface area contributed by atoms with Gasteiger partial charge in [0.25, 0.3) is 0 Å². The summed E-state index contributed by atoms with van der Waals surface area (Å²) in [5.41, 5.74) is 1.08. The third kappa shape index (κ3) is 5.85. The predicted octanol–water partition coefficient (Wildman–Crippen LogP) is 1.43. The Morgan fingerprint density at radius 2 is 1.82 bits per heavy atom. The Labute approximate surface area is 132 Å². The van der Waals surface area contributed by atoms with Crippen molar-refractivity contribution in [3.63, 3.8) is 0 Å². The quantitative estimate of drug-likeness (QED) is 0.680. The fraction of sp³-hybridized carbons (Fsp3) is 0.529. The molecule has 5 heteroatoms. The van der Waals surface area contributed by atoms with Crippen LogP contribution in [0.5, 0.6) is 0 Å². The van der Waals surface area contributed by atoms with Crippen LogP contribution in [0.3, 0.4) is 0 Å². The molecule has 1 aromatic rings. The van der Waals surface area contributed by atoms with Crippen molar-refractivity contribution in [3.05, 3.63) is 35.9 Å². The van der Waals surface area contributed by atoms with E-state index in [1.807, 2.05) is 44.2 Å². The Morgan fingerprint density at radius 3 is 2.32 bits per heavy atom. The van der Waals surface area contributed by atoms with Gasteiger partial charge in [-0.2, -0.15) is 0 Å². The highest BCUT2D eigenvalue weighted by atomic mass is 16.3. The number of hydrogen-bond acceptors (Lipinski definition) is 3. The molecule has 1 rings (SSSR count). The molecule has 0 aliphatic rings. The van der Waals surface area contributed by atoms with Gasteiger partial charge in [-0.05, 0) is 17.9 Å². The number of benzene rings is 1. The first-order valence-corrected chi connectivity index (χ1v) is 7.66. The zero-order chi connectivity index (χ0) is 16.5. The fourth-order valence-electron chi connectivity index (χ4n) is 2.36. The first-order valence-electron chi connectivity index (χ1n) is 7.66. The monoisotopic (exact) mass is 306 g/mol. The Morgan fingerprint density at radius 1 is 1.18 bits per heavy atom. The van der Waals surface area contributed by atoms with Crippen LogP contribution in [0, 0.1) is 5.92 Å². The van der Waals surface area contributed by atoms with E-state index in [0.717, 1.165) is 5.56 Å². The van der Waals surface area contributed by atoms with Gasteiger partial charge < -0.3 is 15.7 Å². The number of nitrogens with one attached hydrogen (secondary N) is 2. The lowest BCUT2D eigenvalue weighted by molar-refractivity contribution is -0.129. The molecule has 0 bridgehead atoms. The molecule has 2 atom stereocenters. The van der Waals surface area contributed by atoms with Crippen LogP contribution in [0.1, 0.15) is 38.7 Å². The molecule has 0 radical (unpaired) electrons. The van der Waals surface area contributed by atoms with Crippen molar-refractivity contribution in [2.24, 2.45) is 5.92 Å². The lowest BCUT2D eigenvalue weighted by atomic mass is 9.95. The van der Waals surface area contributed by atoms with E-state index in [1.54, 1.807) is 0 Å². The van der Waals surface area contributed by atoms with Gasteiger partial charge >= 0.3 is 0 Å². The number of aliphatic hydroxyl groups excluding tert-OH is 1. The second kappa shape index (κ2) is 9.20. The summed E-state index contributed by atoms with van der Waals surface area (Å²) in [7, 11) is 0. The van der Waals surface area contributed by atoms with Gasteiger partial charge in [0.05, 0.1) is 0 Å². The van der Waals surface area contributed by atoms with Crippen LogP contribution in [0.15, 0.2) is 30.3 Å². The lowest BCUT2D eigenvalue weighted by Crippen LogP contribution is -2.49. The van der Waals surface area contributed by atoms with Crippen molar-refractivity contribution in [2.75, 3.05) is 13.2 Å². The van der Waals surface area contributed by atoms with Gasteiger partial charge in [-0.25, -0.2) is 0 Å². The number of amides is 2. The summed E-state index contributed by atoms with van der Waals surface area (Å²) in [4.78, 5) is 23.5. The zero-order valence-electron chi connectivity index (χ0n) is 13.5. The maximum atomic E-state index is 12.3. The van der Waals surface area contributed by atoms with E-state index in [9.17, 15) is 14.7 Å². The Balaban J connectivity index is 2.67. The molecule has 3 N–H and O–H groups in total. The van der Waals surface area contributed by atoms with E-state index in [-0.39, 0.29) is 30.3 Å². The summed E-state index contributed by atoms with van der Waals surface area (Å²) >= 11 is 0. The van der Waals surface area contributed by atoms with Gasteiger partial charge in [0, 0.05) is 26.0 Å². The molecule has 5 nitrogen and oxygen atoms in total. The van der Waals surface area contributed by atoms with Crippen LogP contribution in [-0.4, -0.2) is 36.1 Å². The van der Waals surface area contributed by atoms with Crippen molar-refractivity contribution in [3.8, 4) is 0 Å². The van der Waals surface area contributed by atoms with Crippen LogP contribution >= 0.6 is 0 Å². The molecule has 0 aliphatic heterocycles. The molecular formula is C17H26N2O3. The normalized spacial score (nSPS) is 13.5. The number of rotatable bonds is 8. The minimum Gasteiger partial charge on any atom is -0.396 e. The zero-order valence-corrected chi connectivity index (χ0v) is 13.5. The maximum absolute atomic E-state index is 12.3. The molecule has 1 aromatic carbocycles. The van der Waals surface area contributed by atoms with E-state index in [2.05, 4.69) is 10.6 Å². The average Bonchev–Trinajstić information content (AvgIpc) is 2.49. The first-order chi connectivity index (χ1) is 10.5. The highest BCUT2D eigenvalue weighted by Gasteiger charge is 2.23. The molecule has 0 heterocycles. The summed E-state index contributed by atoms with van der Waals surface area (Å²) in [5, 5.41) is 14.8. The van der Waals surface area contributed by atoms with Crippen molar-refractivity contribution in [1.29, 1.82) is 0 Å². The van der Waals surface area contributed by atoms with E-state index in [4.69, 9.17) is 0 Å². The van der Waals surface area contributed by atoms with E-state index < -0.39 is 6.04 Å². The highest BCUT2D eigenvalue weighted by molar-refractivity contribution is 5.87. The molecule has 0 saturated heterocycles. The molecule has 0 spiro atoms.